The Morgan fingerprint density at radius 1 is 1.28 bits per heavy atom. The molecule has 0 aliphatic heterocycles. The number of allylic oxidation sites excluding steroid dienone is 2. The highest BCUT2D eigenvalue weighted by atomic mass is 16.2. The fourth-order valence-corrected chi connectivity index (χ4v) is 1.94. The summed E-state index contributed by atoms with van der Waals surface area (Å²) in [5, 5.41) is 3.04. The van der Waals surface area contributed by atoms with Gasteiger partial charge in [0.25, 0.3) is 0 Å². The molecule has 0 saturated carbocycles. The topological polar surface area (TPSA) is 72.2 Å². The molecule has 0 fully saturated rings. The number of hydrogen-bond acceptors (Lipinski definition) is 2. The van der Waals surface area contributed by atoms with Crippen LogP contribution >= 0.6 is 0 Å². The largest absolute Gasteiger partial charge is 0.370 e. The van der Waals surface area contributed by atoms with Crippen molar-refractivity contribution in [2.24, 2.45) is 11.7 Å². The molecule has 2 atom stereocenters. The standard InChI is InChI=1S/C14H22N2O2/c1-11-7-5-6-10-14(11,2)16-13(18)9-4-3-8-12(15)17/h5-7,10-11H,3-4,8-9H2,1-2H3,(H2,15,17)(H,16,18). The van der Waals surface area contributed by atoms with Crippen LogP contribution < -0.4 is 11.1 Å². The van der Waals surface area contributed by atoms with Gasteiger partial charge >= 0.3 is 0 Å². The molecule has 0 saturated heterocycles. The monoisotopic (exact) mass is 250 g/mol. The molecule has 4 nitrogen and oxygen atoms in total. The van der Waals surface area contributed by atoms with Crippen LogP contribution in [0.2, 0.25) is 0 Å². The Kier molecular flexibility index (Phi) is 5.13. The van der Waals surface area contributed by atoms with Crippen LogP contribution in [0, 0.1) is 5.92 Å². The maximum absolute atomic E-state index is 11.8. The van der Waals surface area contributed by atoms with E-state index in [2.05, 4.69) is 18.3 Å². The zero-order valence-electron chi connectivity index (χ0n) is 11.1. The number of amides is 2. The van der Waals surface area contributed by atoms with Crippen LogP contribution in [0.15, 0.2) is 24.3 Å². The summed E-state index contributed by atoms with van der Waals surface area (Å²) in [5.74, 6) is -0.0119. The van der Waals surface area contributed by atoms with Crippen molar-refractivity contribution in [2.45, 2.75) is 45.1 Å². The Bertz CT molecular complexity index is 374. The van der Waals surface area contributed by atoms with Crippen molar-refractivity contribution in [3.05, 3.63) is 24.3 Å². The molecule has 4 heteroatoms. The lowest BCUT2D eigenvalue weighted by atomic mass is 9.83. The summed E-state index contributed by atoms with van der Waals surface area (Å²) in [4.78, 5) is 22.4. The van der Waals surface area contributed by atoms with Gasteiger partial charge in [-0.1, -0.05) is 31.2 Å². The minimum atomic E-state index is -0.310. The predicted molar refractivity (Wildman–Crippen MR) is 71.7 cm³/mol. The highest BCUT2D eigenvalue weighted by Gasteiger charge is 2.29. The number of carbonyl (C=O) groups is 2. The van der Waals surface area contributed by atoms with Crippen molar-refractivity contribution in [2.75, 3.05) is 0 Å². The number of unbranched alkanes of at least 4 members (excludes halogenated alkanes) is 1. The molecule has 0 aromatic carbocycles. The highest BCUT2D eigenvalue weighted by Crippen LogP contribution is 2.23. The predicted octanol–water partition coefficient (Wildman–Crippen LogP) is 1.67. The number of nitrogens with one attached hydrogen (secondary N) is 1. The lowest BCUT2D eigenvalue weighted by Crippen LogP contribution is -2.49. The second-order valence-corrected chi connectivity index (χ2v) is 5.04. The van der Waals surface area contributed by atoms with E-state index in [1.54, 1.807) is 0 Å². The minimum Gasteiger partial charge on any atom is -0.370 e. The molecule has 0 aromatic rings. The lowest BCUT2D eigenvalue weighted by Gasteiger charge is -2.34. The number of primary amides is 1. The Labute approximate surface area is 108 Å². The van der Waals surface area contributed by atoms with E-state index in [4.69, 9.17) is 5.73 Å². The summed E-state index contributed by atoms with van der Waals surface area (Å²) in [6, 6.07) is 0. The van der Waals surface area contributed by atoms with E-state index in [1.165, 1.54) is 0 Å². The van der Waals surface area contributed by atoms with Gasteiger partial charge in [0.2, 0.25) is 11.8 Å². The van der Waals surface area contributed by atoms with Crippen LogP contribution in [0.4, 0.5) is 0 Å². The second kappa shape index (κ2) is 6.38. The first kappa shape index (κ1) is 14.5. The highest BCUT2D eigenvalue weighted by molar-refractivity contribution is 5.77. The number of hydrogen-bond donors (Lipinski definition) is 2. The van der Waals surface area contributed by atoms with Crippen molar-refractivity contribution < 1.29 is 9.59 Å². The summed E-state index contributed by atoms with van der Waals surface area (Å²) in [5.41, 5.74) is 4.73. The molecule has 0 spiro atoms. The fourth-order valence-electron chi connectivity index (χ4n) is 1.94. The summed E-state index contributed by atoms with van der Waals surface area (Å²) in [6.45, 7) is 4.09. The van der Waals surface area contributed by atoms with Gasteiger partial charge in [-0.15, -0.1) is 0 Å². The molecular weight excluding hydrogens is 228 g/mol. The number of rotatable bonds is 6. The molecule has 3 N–H and O–H groups in total. The van der Waals surface area contributed by atoms with E-state index in [0.717, 1.165) is 0 Å². The van der Waals surface area contributed by atoms with Crippen LogP contribution in [-0.2, 0) is 9.59 Å². The van der Waals surface area contributed by atoms with Gasteiger partial charge in [-0.25, -0.2) is 0 Å². The second-order valence-electron chi connectivity index (χ2n) is 5.04. The molecule has 2 amide bonds. The van der Waals surface area contributed by atoms with Crippen LogP contribution in [-0.4, -0.2) is 17.4 Å². The third kappa shape index (κ3) is 4.35. The molecular formula is C14H22N2O2. The van der Waals surface area contributed by atoms with E-state index in [0.29, 0.717) is 25.7 Å². The minimum absolute atomic E-state index is 0.0220. The molecule has 0 aromatic heterocycles. The molecule has 1 aliphatic rings. The van der Waals surface area contributed by atoms with Crippen molar-refractivity contribution in [1.82, 2.24) is 5.32 Å². The zero-order chi connectivity index (χ0) is 13.6. The maximum Gasteiger partial charge on any atom is 0.220 e. The molecule has 1 rings (SSSR count). The summed E-state index contributed by atoms with van der Waals surface area (Å²) in [7, 11) is 0. The molecule has 18 heavy (non-hydrogen) atoms. The average Bonchev–Trinajstić information content (AvgIpc) is 2.28. The van der Waals surface area contributed by atoms with Gasteiger partial charge in [-0.2, -0.15) is 0 Å². The van der Waals surface area contributed by atoms with Crippen LogP contribution in [0.1, 0.15) is 39.5 Å². The van der Waals surface area contributed by atoms with Crippen LogP contribution in [0.5, 0.6) is 0 Å². The molecule has 2 unspecified atom stereocenters. The van der Waals surface area contributed by atoms with Gasteiger partial charge in [-0.3, -0.25) is 9.59 Å². The smallest absolute Gasteiger partial charge is 0.220 e. The Morgan fingerprint density at radius 2 is 1.94 bits per heavy atom. The number of carbonyl (C=O) groups excluding carboxylic acids is 2. The summed E-state index contributed by atoms with van der Waals surface area (Å²) < 4.78 is 0. The van der Waals surface area contributed by atoms with E-state index >= 15 is 0 Å². The Balaban J connectivity index is 2.33. The van der Waals surface area contributed by atoms with Crippen LogP contribution in [0.25, 0.3) is 0 Å². The maximum atomic E-state index is 11.8. The first-order chi connectivity index (χ1) is 8.44. The zero-order valence-corrected chi connectivity index (χ0v) is 11.1. The summed E-state index contributed by atoms with van der Waals surface area (Å²) >= 11 is 0. The van der Waals surface area contributed by atoms with Crippen molar-refractivity contribution >= 4 is 11.8 Å². The summed E-state index contributed by atoms with van der Waals surface area (Å²) in [6.07, 6.45) is 10.2. The van der Waals surface area contributed by atoms with Crippen molar-refractivity contribution in [3.63, 3.8) is 0 Å². The van der Waals surface area contributed by atoms with E-state index < -0.39 is 0 Å². The van der Waals surface area contributed by atoms with Gasteiger partial charge < -0.3 is 11.1 Å². The first-order valence-electron chi connectivity index (χ1n) is 6.39. The van der Waals surface area contributed by atoms with Gasteiger partial charge in [0.15, 0.2) is 0 Å². The number of nitrogens with two attached hydrogens (primary N) is 1. The third-order valence-corrected chi connectivity index (χ3v) is 3.39. The molecule has 100 valence electrons. The fraction of sp³-hybridized carbons (Fsp3) is 0.571. The Hall–Kier alpha value is -1.58. The van der Waals surface area contributed by atoms with E-state index in [1.807, 2.05) is 25.2 Å². The van der Waals surface area contributed by atoms with Gasteiger partial charge in [0, 0.05) is 18.8 Å². The third-order valence-electron chi connectivity index (χ3n) is 3.39. The first-order valence-corrected chi connectivity index (χ1v) is 6.39. The van der Waals surface area contributed by atoms with E-state index in [-0.39, 0.29) is 23.3 Å². The molecule has 0 heterocycles. The van der Waals surface area contributed by atoms with Gasteiger partial charge in [0.05, 0.1) is 5.54 Å². The SMILES string of the molecule is CC1C=CC=CC1(C)NC(=O)CCCCC(N)=O. The van der Waals surface area contributed by atoms with Gasteiger partial charge in [0.1, 0.15) is 0 Å². The molecule has 0 radical (unpaired) electrons. The Morgan fingerprint density at radius 3 is 2.56 bits per heavy atom. The van der Waals surface area contributed by atoms with E-state index in [9.17, 15) is 9.59 Å². The van der Waals surface area contributed by atoms with Crippen molar-refractivity contribution in [1.29, 1.82) is 0 Å². The molecule has 0 bridgehead atoms. The van der Waals surface area contributed by atoms with Gasteiger partial charge in [-0.05, 0) is 19.8 Å². The van der Waals surface area contributed by atoms with Crippen LogP contribution in [0.3, 0.4) is 0 Å². The average molecular weight is 250 g/mol. The normalized spacial score (nSPS) is 26.0. The lowest BCUT2D eigenvalue weighted by molar-refractivity contribution is -0.123. The van der Waals surface area contributed by atoms with Crippen molar-refractivity contribution in [3.8, 4) is 0 Å². The molecule has 1 aliphatic carbocycles. The quantitative estimate of drug-likeness (QED) is 0.704.